The van der Waals surface area contributed by atoms with Crippen LogP contribution >= 0.6 is 35.0 Å². The van der Waals surface area contributed by atoms with Crippen molar-refractivity contribution < 1.29 is 0 Å². The van der Waals surface area contributed by atoms with Crippen LogP contribution in [-0.2, 0) is 12.8 Å². The van der Waals surface area contributed by atoms with Crippen LogP contribution in [0.2, 0.25) is 10.0 Å². The molecule has 104 valence electrons. The van der Waals surface area contributed by atoms with Gasteiger partial charge in [-0.2, -0.15) is 0 Å². The molecule has 0 spiro atoms. The molecule has 0 saturated heterocycles. The number of nitrogens with two attached hydrogens (primary N) is 1. The van der Waals surface area contributed by atoms with Gasteiger partial charge in [-0.05, 0) is 48.6 Å². The first kappa shape index (κ1) is 14.0. The predicted octanol–water partition coefficient (Wildman–Crippen LogP) is 4.31. The fourth-order valence-electron chi connectivity index (χ4n) is 2.35. The molecule has 0 radical (unpaired) electrons. The molecule has 0 bridgehead atoms. The van der Waals surface area contributed by atoms with Crippen LogP contribution in [0, 0.1) is 0 Å². The first-order valence-electron chi connectivity index (χ1n) is 6.29. The van der Waals surface area contributed by atoms with Gasteiger partial charge < -0.3 is 5.43 Å². The second kappa shape index (κ2) is 5.82. The number of anilines is 1. The molecule has 0 fully saturated rings. The van der Waals surface area contributed by atoms with E-state index >= 15 is 0 Å². The fourth-order valence-corrected chi connectivity index (χ4v) is 3.73. The van der Waals surface area contributed by atoms with Crippen molar-refractivity contribution in [3.8, 4) is 0 Å². The Kier molecular flexibility index (Phi) is 4.08. The standard InChI is InChI=1S/C14H13Cl2N3S/c15-11-7-12(16)14(18-13(11)19-17)20-10-5-4-8-2-1-3-9(8)6-10/h4-7H,1-3,17H2,(H,18,19). The highest BCUT2D eigenvalue weighted by molar-refractivity contribution is 7.99. The van der Waals surface area contributed by atoms with Gasteiger partial charge in [0.25, 0.3) is 0 Å². The van der Waals surface area contributed by atoms with Crippen LogP contribution in [-0.4, -0.2) is 4.98 Å². The molecule has 6 heteroatoms. The summed E-state index contributed by atoms with van der Waals surface area (Å²) in [6.45, 7) is 0. The summed E-state index contributed by atoms with van der Waals surface area (Å²) in [7, 11) is 0. The SMILES string of the molecule is NNc1nc(Sc2ccc3c(c2)CCC3)c(Cl)cc1Cl. The molecule has 0 aliphatic heterocycles. The summed E-state index contributed by atoms with van der Waals surface area (Å²) in [5, 5.41) is 1.64. The number of nitrogens with zero attached hydrogens (tertiary/aromatic N) is 1. The average molecular weight is 326 g/mol. The normalized spacial score (nSPS) is 13.3. The lowest BCUT2D eigenvalue weighted by molar-refractivity contribution is 0.911. The van der Waals surface area contributed by atoms with Gasteiger partial charge in [0.1, 0.15) is 5.03 Å². The lowest BCUT2D eigenvalue weighted by Crippen LogP contribution is -2.09. The van der Waals surface area contributed by atoms with Gasteiger partial charge in [-0.1, -0.05) is 41.0 Å². The molecule has 3 rings (SSSR count). The number of pyridine rings is 1. The molecular weight excluding hydrogens is 313 g/mol. The minimum atomic E-state index is 0.413. The van der Waals surface area contributed by atoms with E-state index in [0.29, 0.717) is 20.9 Å². The van der Waals surface area contributed by atoms with Crippen molar-refractivity contribution in [1.82, 2.24) is 4.98 Å². The lowest BCUT2D eigenvalue weighted by Gasteiger charge is -2.09. The van der Waals surface area contributed by atoms with Gasteiger partial charge in [-0.15, -0.1) is 0 Å². The fraction of sp³-hybridized carbons (Fsp3) is 0.214. The number of hydrogen-bond donors (Lipinski definition) is 2. The van der Waals surface area contributed by atoms with Crippen LogP contribution in [0.25, 0.3) is 0 Å². The Morgan fingerprint density at radius 1 is 1.10 bits per heavy atom. The number of nitrogens with one attached hydrogen (secondary N) is 1. The number of nitrogen functional groups attached to an aromatic ring is 1. The summed E-state index contributed by atoms with van der Waals surface area (Å²) < 4.78 is 0. The van der Waals surface area contributed by atoms with Gasteiger partial charge in [0, 0.05) is 4.90 Å². The van der Waals surface area contributed by atoms with Crippen LogP contribution in [0.1, 0.15) is 17.5 Å². The largest absolute Gasteiger partial charge is 0.307 e. The van der Waals surface area contributed by atoms with Crippen molar-refractivity contribution in [2.24, 2.45) is 5.84 Å². The zero-order chi connectivity index (χ0) is 14.1. The average Bonchev–Trinajstić information content (AvgIpc) is 2.89. The van der Waals surface area contributed by atoms with E-state index < -0.39 is 0 Å². The number of aryl methyl sites for hydroxylation is 2. The van der Waals surface area contributed by atoms with Crippen molar-refractivity contribution in [3.63, 3.8) is 0 Å². The Morgan fingerprint density at radius 3 is 2.70 bits per heavy atom. The first-order chi connectivity index (χ1) is 9.67. The topological polar surface area (TPSA) is 50.9 Å². The molecule has 3 nitrogen and oxygen atoms in total. The summed E-state index contributed by atoms with van der Waals surface area (Å²) in [6.07, 6.45) is 3.58. The van der Waals surface area contributed by atoms with Gasteiger partial charge >= 0.3 is 0 Å². The number of rotatable bonds is 3. The molecule has 0 unspecified atom stereocenters. The number of benzene rings is 1. The number of fused-ring (bicyclic) bond motifs is 1. The molecule has 1 aromatic carbocycles. The number of hydrogen-bond acceptors (Lipinski definition) is 4. The van der Waals surface area contributed by atoms with E-state index in [1.807, 2.05) is 0 Å². The maximum absolute atomic E-state index is 6.19. The Bertz CT molecular complexity index is 661. The van der Waals surface area contributed by atoms with Gasteiger partial charge in [0.15, 0.2) is 5.82 Å². The summed E-state index contributed by atoms with van der Waals surface area (Å²) in [6, 6.07) is 8.17. The first-order valence-corrected chi connectivity index (χ1v) is 7.87. The van der Waals surface area contributed by atoms with E-state index in [1.54, 1.807) is 6.07 Å². The summed E-state index contributed by atoms with van der Waals surface area (Å²) in [5.74, 6) is 5.82. The third-order valence-corrected chi connectivity index (χ3v) is 5.00. The highest BCUT2D eigenvalue weighted by Crippen LogP contribution is 2.37. The van der Waals surface area contributed by atoms with E-state index in [1.165, 1.54) is 35.7 Å². The van der Waals surface area contributed by atoms with E-state index in [4.69, 9.17) is 29.0 Å². The Labute approximate surface area is 131 Å². The highest BCUT2D eigenvalue weighted by Gasteiger charge is 2.14. The second-order valence-corrected chi connectivity index (χ2v) is 6.51. The summed E-state index contributed by atoms with van der Waals surface area (Å²) >= 11 is 13.7. The molecule has 0 saturated carbocycles. The molecule has 1 aliphatic rings. The zero-order valence-corrected chi connectivity index (χ0v) is 12.9. The highest BCUT2D eigenvalue weighted by atomic mass is 35.5. The second-order valence-electron chi connectivity index (χ2n) is 4.64. The van der Waals surface area contributed by atoms with E-state index in [9.17, 15) is 0 Å². The van der Waals surface area contributed by atoms with Gasteiger partial charge in [-0.3, -0.25) is 0 Å². The zero-order valence-electron chi connectivity index (χ0n) is 10.6. The molecule has 0 amide bonds. The number of hydrazine groups is 1. The van der Waals surface area contributed by atoms with Crippen LogP contribution in [0.4, 0.5) is 5.82 Å². The molecule has 2 aromatic rings. The quantitative estimate of drug-likeness (QED) is 0.652. The minimum Gasteiger partial charge on any atom is -0.307 e. The molecule has 1 heterocycles. The lowest BCUT2D eigenvalue weighted by atomic mass is 10.1. The Hall–Kier alpha value is -0.940. The van der Waals surface area contributed by atoms with Crippen molar-refractivity contribution in [3.05, 3.63) is 45.4 Å². The minimum absolute atomic E-state index is 0.413. The van der Waals surface area contributed by atoms with Crippen LogP contribution in [0.3, 0.4) is 0 Å². The van der Waals surface area contributed by atoms with Crippen LogP contribution in [0.5, 0.6) is 0 Å². The van der Waals surface area contributed by atoms with Crippen molar-refractivity contribution in [2.45, 2.75) is 29.2 Å². The summed E-state index contributed by atoms with van der Waals surface area (Å²) in [5.41, 5.74) is 5.36. The van der Waals surface area contributed by atoms with E-state index in [2.05, 4.69) is 28.6 Å². The molecule has 1 aromatic heterocycles. The van der Waals surface area contributed by atoms with Crippen molar-refractivity contribution in [2.75, 3.05) is 5.43 Å². The third kappa shape index (κ3) is 2.74. The Morgan fingerprint density at radius 2 is 1.90 bits per heavy atom. The van der Waals surface area contributed by atoms with Crippen molar-refractivity contribution >= 4 is 40.8 Å². The van der Waals surface area contributed by atoms with E-state index in [0.717, 1.165) is 11.3 Å². The molecule has 0 atom stereocenters. The number of halogens is 2. The van der Waals surface area contributed by atoms with Crippen molar-refractivity contribution in [1.29, 1.82) is 0 Å². The maximum atomic E-state index is 6.19. The van der Waals surface area contributed by atoms with Crippen LogP contribution < -0.4 is 11.3 Å². The smallest absolute Gasteiger partial charge is 0.160 e. The van der Waals surface area contributed by atoms with Crippen LogP contribution in [0.15, 0.2) is 34.2 Å². The van der Waals surface area contributed by atoms with Gasteiger partial charge in [-0.25, -0.2) is 10.8 Å². The molecule has 20 heavy (non-hydrogen) atoms. The molecule has 3 N–H and O–H groups in total. The molecule has 1 aliphatic carbocycles. The number of aromatic nitrogens is 1. The van der Waals surface area contributed by atoms with Gasteiger partial charge in [0.2, 0.25) is 0 Å². The third-order valence-electron chi connectivity index (χ3n) is 3.32. The summed E-state index contributed by atoms with van der Waals surface area (Å²) in [4.78, 5) is 5.47. The van der Waals surface area contributed by atoms with Gasteiger partial charge in [0.05, 0.1) is 10.0 Å². The Balaban J connectivity index is 1.91. The van der Waals surface area contributed by atoms with E-state index in [-0.39, 0.29) is 0 Å². The monoisotopic (exact) mass is 325 g/mol. The maximum Gasteiger partial charge on any atom is 0.160 e. The predicted molar refractivity (Wildman–Crippen MR) is 84.7 cm³/mol. The molecular formula is C14H13Cl2N3S.